The molecule has 5 nitrogen and oxygen atoms in total. The highest BCUT2D eigenvalue weighted by atomic mass is 16.6. The number of phenolic OH excluding ortho intramolecular Hbond substituents is 1. The van der Waals surface area contributed by atoms with E-state index in [1.54, 1.807) is 30.3 Å². The third-order valence-electron chi connectivity index (χ3n) is 15.3. The average Bonchev–Trinajstić information content (AvgIpc) is 3.17. The Hall–Kier alpha value is -2.56. The number of hydrogen-bond acceptors (Lipinski definition) is 5. The van der Waals surface area contributed by atoms with Crippen LogP contribution in [0.3, 0.4) is 0 Å². The van der Waals surface area contributed by atoms with E-state index >= 15 is 0 Å². The number of esters is 2. The quantitative estimate of drug-likeness (QED) is 0.214. The van der Waals surface area contributed by atoms with Gasteiger partial charge in [-0.2, -0.15) is 0 Å². The molecule has 0 aromatic heterocycles. The van der Waals surface area contributed by atoms with Gasteiger partial charge in [0, 0.05) is 22.8 Å². The summed E-state index contributed by atoms with van der Waals surface area (Å²) < 4.78 is 13.0. The fourth-order valence-electron chi connectivity index (χ4n) is 12.5. The van der Waals surface area contributed by atoms with E-state index in [1.165, 1.54) is 6.08 Å². The molecule has 5 aliphatic carbocycles. The second kappa shape index (κ2) is 9.48. The van der Waals surface area contributed by atoms with E-state index in [0.717, 1.165) is 56.9 Å². The Balaban J connectivity index is 1.18. The molecule has 1 spiro atoms. The van der Waals surface area contributed by atoms with Crippen LogP contribution in [0.5, 0.6) is 5.75 Å². The van der Waals surface area contributed by atoms with Crippen molar-refractivity contribution in [1.29, 1.82) is 0 Å². The molecular formula is C39H52O5. The fourth-order valence-corrected chi connectivity index (χ4v) is 12.5. The van der Waals surface area contributed by atoms with Crippen LogP contribution in [-0.4, -0.2) is 28.8 Å². The number of hydrogen-bond donors (Lipinski definition) is 1. The minimum atomic E-state index is -0.517. The van der Waals surface area contributed by atoms with Gasteiger partial charge in [-0.15, -0.1) is 0 Å². The molecule has 5 heteroatoms. The van der Waals surface area contributed by atoms with Crippen molar-refractivity contribution in [2.75, 3.05) is 0 Å². The molecule has 44 heavy (non-hydrogen) atoms. The normalized spacial score (nSPS) is 48.5. The molecule has 2 bridgehead atoms. The smallest absolute Gasteiger partial charge is 0.331 e. The van der Waals surface area contributed by atoms with Crippen LogP contribution in [0.25, 0.3) is 6.08 Å². The highest BCUT2D eigenvalue weighted by Gasteiger charge is 2.80. The summed E-state index contributed by atoms with van der Waals surface area (Å²) in [4.78, 5) is 26.9. The van der Waals surface area contributed by atoms with Gasteiger partial charge >= 0.3 is 11.9 Å². The SMILES string of the molecule is CC1CCC23CCC4(C)C5(C)CCC6C(C)(C)C(OC(=O)C=Cc7ccc(O)cc7)CCC6(C)C5C=CC4(OC2=O)C3C1C. The van der Waals surface area contributed by atoms with Crippen molar-refractivity contribution in [2.45, 2.75) is 112 Å². The summed E-state index contributed by atoms with van der Waals surface area (Å²) in [5.41, 5.74) is -0.192. The largest absolute Gasteiger partial charge is 0.508 e. The van der Waals surface area contributed by atoms with Crippen LogP contribution in [0.15, 0.2) is 42.5 Å². The number of phenols is 1. The van der Waals surface area contributed by atoms with Gasteiger partial charge in [-0.1, -0.05) is 66.7 Å². The van der Waals surface area contributed by atoms with Crippen LogP contribution in [0.4, 0.5) is 0 Å². The van der Waals surface area contributed by atoms with E-state index in [0.29, 0.717) is 23.7 Å². The monoisotopic (exact) mass is 600 g/mol. The first-order valence-corrected chi connectivity index (χ1v) is 17.3. The van der Waals surface area contributed by atoms with Gasteiger partial charge in [-0.25, -0.2) is 4.79 Å². The van der Waals surface area contributed by atoms with E-state index in [4.69, 9.17) is 9.47 Å². The first kappa shape index (κ1) is 30.1. The number of ether oxygens (including phenoxy) is 2. The molecule has 238 valence electrons. The lowest BCUT2D eigenvalue weighted by Gasteiger charge is -2.72. The molecule has 1 saturated heterocycles. The van der Waals surface area contributed by atoms with Crippen LogP contribution >= 0.6 is 0 Å². The predicted molar refractivity (Wildman–Crippen MR) is 171 cm³/mol. The van der Waals surface area contributed by atoms with Gasteiger partial charge < -0.3 is 14.6 Å². The number of allylic oxidation sites excluding steroid dienone is 1. The molecule has 0 amide bonds. The lowest BCUT2D eigenvalue weighted by molar-refractivity contribution is -0.247. The topological polar surface area (TPSA) is 72.8 Å². The zero-order chi connectivity index (χ0) is 31.5. The summed E-state index contributed by atoms with van der Waals surface area (Å²) in [6.07, 6.45) is 16.2. The maximum Gasteiger partial charge on any atom is 0.331 e. The van der Waals surface area contributed by atoms with Crippen molar-refractivity contribution in [3.63, 3.8) is 0 Å². The minimum absolute atomic E-state index is 0.0105. The molecule has 1 aromatic carbocycles. The Bertz CT molecular complexity index is 1420. The van der Waals surface area contributed by atoms with Crippen molar-refractivity contribution in [2.24, 2.45) is 56.7 Å². The third-order valence-corrected chi connectivity index (χ3v) is 15.3. The molecule has 5 fully saturated rings. The summed E-state index contributed by atoms with van der Waals surface area (Å²) in [5, 5.41) is 9.55. The Morgan fingerprint density at radius 1 is 0.955 bits per heavy atom. The second-order valence-electron chi connectivity index (χ2n) is 17.1. The molecule has 1 aromatic rings. The van der Waals surface area contributed by atoms with E-state index in [2.05, 4.69) is 60.6 Å². The predicted octanol–water partition coefficient (Wildman–Crippen LogP) is 8.51. The lowest BCUT2D eigenvalue weighted by atomic mass is 9.32. The molecule has 11 unspecified atom stereocenters. The Morgan fingerprint density at radius 2 is 1.68 bits per heavy atom. The van der Waals surface area contributed by atoms with Crippen LogP contribution in [0.1, 0.15) is 105 Å². The number of benzene rings is 1. The van der Waals surface area contributed by atoms with Gasteiger partial charge in [0.2, 0.25) is 0 Å². The number of aromatic hydroxyl groups is 1. The molecular weight excluding hydrogens is 548 g/mol. The first-order valence-electron chi connectivity index (χ1n) is 17.3. The van der Waals surface area contributed by atoms with E-state index in [1.807, 2.05) is 0 Å². The summed E-state index contributed by atoms with van der Waals surface area (Å²) in [6.45, 7) is 16.9. The second-order valence-corrected chi connectivity index (χ2v) is 17.1. The number of fused-ring (bicyclic) bond motifs is 4. The molecule has 6 aliphatic rings. The zero-order valence-electron chi connectivity index (χ0n) is 27.8. The van der Waals surface area contributed by atoms with Gasteiger partial charge in [0.25, 0.3) is 0 Å². The molecule has 4 saturated carbocycles. The maximum atomic E-state index is 13.8. The van der Waals surface area contributed by atoms with Gasteiger partial charge in [-0.3, -0.25) is 4.79 Å². The Kier molecular flexibility index (Phi) is 6.49. The van der Waals surface area contributed by atoms with Gasteiger partial charge in [-0.05, 0) is 116 Å². The molecule has 1 heterocycles. The minimum Gasteiger partial charge on any atom is -0.508 e. The molecule has 11 atom stereocenters. The van der Waals surface area contributed by atoms with Crippen molar-refractivity contribution in [1.82, 2.24) is 0 Å². The summed E-state index contributed by atoms with van der Waals surface area (Å²) in [5.74, 6) is 2.07. The number of carbonyl (C=O) groups is 2. The summed E-state index contributed by atoms with van der Waals surface area (Å²) in [6, 6.07) is 6.80. The molecule has 0 radical (unpaired) electrons. The first-order chi connectivity index (χ1) is 20.6. The van der Waals surface area contributed by atoms with E-state index < -0.39 is 5.60 Å². The summed E-state index contributed by atoms with van der Waals surface area (Å²) >= 11 is 0. The standard InChI is InChI=1S/C39H52O5/c1-24-14-20-38-23-22-37(7)36(6)19-15-28-34(3,4)30(43-31(41)13-10-26-8-11-27(40)12-9-26)17-18-35(28,5)29(36)16-21-39(37,44-33(38)42)32(38)25(24)2/h8-13,16,21,24-25,28-30,32,40H,14-15,17-20,22-23H2,1-7H3. The Morgan fingerprint density at radius 3 is 2.41 bits per heavy atom. The van der Waals surface area contributed by atoms with Crippen LogP contribution in [0, 0.1) is 56.7 Å². The Labute approximate surface area is 263 Å². The van der Waals surface area contributed by atoms with E-state index in [-0.39, 0.29) is 56.8 Å². The van der Waals surface area contributed by atoms with E-state index in [9.17, 15) is 14.7 Å². The zero-order valence-corrected chi connectivity index (χ0v) is 27.8. The molecule has 1 N–H and O–H groups in total. The van der Waals surface area contributed by atoms with Crippen molar-refractivity contribution in [3.05, 3.63) is 48.1 Å². The maximum absolute atomic E-state index is 13.8. The van der Waals surface area contributed by atoms with Gasteiger partial charge in [0.15, 0.2) is 0 Å². The van der Waals surface area contributed by atoms with Crippen molar-refractivity contribution >= 4 is 18.0 Å². The molecule has 1 aliphatic heterocycles. The lowest BCUT2D eigenvalue weighted by Crippen LogP contribution is -2.71. The van der Waals surface area contributed by atoms with Crippen LogP contribution < -0.4 is 0 Å². The van der Waals surface area contributed by atoms with Crippen LogP contribution in [0.2, 0.25) is 0 Å². The highest BCUT2D eigenvalue weighted by Crippen LogP contribution is 2.79. The number of carbonyl (C=O) groups excluding carboxylic acids is 2. The summed E-state index contributed by atoms with van der Waals surface area (Å²) in [7, 11) is 0. The number of rotatable bonds is 3. The van der Waals surface area contributed by atoms with Gasteiger partial charge in [0.1, 0.15) is 17.5 Å². The van der Waals surface area contributed by atoms with Gasteiger partial charge in [0.05, 0.1) is 5.41 Å². The molecule has 7 rings (SSSR count). The third kappa shape index (κ3) is 3.65. The highest BCUT2D eigenvalue weighted by molar-refractivity contribution is 5.87. The average molecular weight is 601 g/mol. The van der Waals surface area contributed by atoms with Crippen molar-refractivity contribution < 1.29 is 24.2 Å². The van der Waals surface area contributed by atoms with Crippen molar-refractivity contribution in [3.8, 4) is 5.75 Å². The van der Waals surface area contributed by atoms with Crippen LogP contribution in [-0.2, 0) is 19.1 Å². The fraction of sp³-hybridized carbons (Fsp3) is 0.692.